The third kappa shape index (κ3) is 10.9. The van der Waals surface area contributed by atoms with E-state index in [-0.39, 0.29) is 0 Å². The Bertz CT molecular complexity index is 313. The van der Waals surface area contributed by atoms with Gasteiger partial charge in [-0.1, -0.05) is 18.2 Å². The Labute approximate surface area is 78.8 Å². The van der Waals surface area contributed by atoms with E-state index in [2.05, 4.69) is 10.5 Å². The fraction of sp³-hybridized carbons (Fsp3) is 0.250. The molecule has 0 fully saturated rings. The summed E-state index contributed by atoms with van der Waals surface area (Å²) in [6.07, 6.45) is 0.938. The molecule has 0 saturated carbocycles. The number of sulfonamides is 1. The molecule has 0 amide bonds. The average Bonchev–Trinajstić information content (AvgIpc) is 2.03. The van der Waals surface area contributed by atoms with Crippen LogP contribution in [-0.4, -0.2) is 21.7 Å². The summed E-state index contributed by atoms with van der Waals surface area (Å²) in [4.78, 5) is 0. The van der Waals surface area contributed by atoms with Crippen molar-refractivity contribution in [3.05, 3.63) is 30.3 Å². The number of nitrogens with two attached hydrogens (primary N) is 1. The third-order valence-electron chi connectivity index (χ3n) is 1.06. The van der Waals surface area contributed by atoms with Gasteiger partial charge in [0.15, 0.2) is 0 Å². The molecule has 0 aliphatic carbocycles. The van der Waals surface area contributed by atoms with Crippen molar-refractivity contribution in [1.29, 1.82) is 0 Å². The Morgan fingerprint density at radius 3 is 1.85 bits per heavy atom. The quantitative estimate of drug-likeness (QED) is 0.701. The van der Waals surface area contributed by atoms with Crippen LogP contribution >= 0.6 is 0 Å². The predicted octanol–water partition coefficient (Wildman–Crippen LogP) is 0.633. The highest BCUT2D eigenvalue weighted by atomic mass is 32.2. The lowest BCUT2D eigenvalue weighted by atomic mass is 10.3. The van der Waals surface area contributed by atoms with Gasteiger partial charge in [-0.3, -0.25) is 0 Å². The molecule has 0 aliphatic rings. The smallest absolute Gasteiger partial charge is 0.206 e. The van der Waals surface area contributed by atoms with E-state index in [0.717, 1.165) is 11.9 Å². The summed E-state index contributed by atoms with van der Waals surface area (Å²) in [6, 6.07) is 10.1. The number of anilines is 1. The van der Waals surface area contributed by atoms with Gasteiger partial charge >= 0.3 is 0 Å². The first kappa shape index (κ1) is 11.9. The highest BCUT2D eigenvalue weighted by Crippen LogP contribution is 2.01. The molecule has 1 rings (SSSR count). The number of hydrogen-bond donors (Lipinski definition) is 2. The molecule has 5 heteroatoms. The summed E-state index contributed by atoms with van der Waals surface area (Å²) in [5.74, 6) is 0. The van der Waals surface area contributed by atoms with Crippen molar-refractivity contribution in [2.45, 2.75) is 0 Å². The number of rotatable bonds is 1. The third-order valence-corrected chi connectivity index (χ3v) is 1.06. The van der Waals surface area contributed by atoms with Crippen LogP contribution in [0.15, 0.2) is 30.3 Å². The summed E-state index contributed by atoms with van der Waals surface area (Å²) < 4.78 is 18.8. The first-order chi connectivity index (χ1) is 5.93. The standard InChI is InChI=1S/C7H9N.CH5NO2S/c1-8-7-5-3-2-4-6-7;1-5(2,3)4/h2-6,8H,1H3;1H3,(H2,2,3,4). The van der Waals surface area contributed by atoms with E-state index in [1.807, 2.05) is 37.4 Å². The molecule has 4 nitrogen and oxygen atoms in total. The van der Waals surface area contributed by atoms with E-state index in [1.54, 1.807) is 0 Å². The number of hydrogen-bond acceptors (Lipinski definition) is 3. The summed E-state index contributed by atoms with van der Waals surface area (Å²) in [6.45, 7) is 0. The summed E-state index contributed by atoms with van der Waals surface area (Å²) in [5.41, 5.74) is 1.16. The zero-order chi connectivity index (χ0) is 10.3. The van der Waals surface area contributed by atoms with Crippen LogP contribution in [0.5, 0.6) is 0 Å². The van der Waals surface area contributed by atoms with Gasteiger partial charge in [0.1, 0.15) is 0 Å². The van der Waals surface area contributed by atoms with Gasteiger partial charge in [-0.05, 0) is 12.1 Å². The first-order valence-corrected chi connectivity index (χ1v) is 5.59. The number of benzene rings is 1. The predicted molar refractivity (Wildman–Crippen MR) is 55.0 cm³/mol. The monoisotopic (exact) mass is 202 g/mol. The second-order valence-electron chi connectivity index (χ2n) is 2.45. The zero-order valence-corrected chi connectivity index (χ0v) is 8.51. The summed E-state index contributed by atoms with van der Waals surface area (Å²) in [5, 5.41) is 7.35. The van der Waals surface area contributed by atoms with Crippen LogP contribution in [0.1, 0.15) is 0 Å². The van der Waals surface area contributed by atoms with Gasteiger partial charge in [0.05, 0.1) is 6.26 Å². The van der Waals surface area contributed by atoms with Gasteiger partial charge in [0.25, 0.3) is 0 Å². The van der Waals surface area contributed by atoms with E-state index >= 15 is 0 Å². The minimum atomic E-state index is -3.17. The lowest BCUT2D eigenvalue weighted by Crippen LogP contribution is -2.07. The van der Waals surface area contributed by atoms with Crippen molar-refractivity contribution in [3.63, 3.8) is 0 Å². The van der Waals surface area contributed by atoms with E-state index in [9.17, 15) is 8.42 Å². The Hall–Kier alpha value is -1.07. The van der Waals surface area contributed by atoms with Gasteiger partial charge < -0.3 is 5.32 Å². The Morgan fingerprint density at radius 2 is 1.62 bits per heavy atom. The molecular formula is C8H14N2O2S. The van der Waals surface area contributed by atoms with E-state index < -0.39 is 10.0 Å². The van der Waals surface area contributed by atoms with Gasteiger partial charge in [-0.25, -0.2) is 13.6 Å². The minimum Gasteiger partial charge on any atom is -0.388 e. The molecule has 0 unspecified atom stereocenters. The fourth-order valence-electron chi connectivity index (χ4n) is 0.605. The van der Waals surface area contributed by atoms with Crippen LogP contribution in [0.2, 0.25) is 0 Å². The topological polar surface area (TPSA) is 72.2 Å². The van der Waals surface area contributed by atoms with Crippen molar-refractivity contribution < 1.29 is 8.42 Å². The molecular weight excluding hydrogens is 188 g/mol. The second kappa shape index (κ2) is 5.55. The Morgan fingerprint density at radius 1 is 1.23 bits per heavy atom. The van der Waals surface area contributed by atoms with Crippen molar-refractivity contribution in [2.24, 2.45) is 5.14 Å². The zero-order valence-electron chi connectivity index (χ0n) is 7.69. The molecule has 1 aromatic carbocycles. The first-order valence-electron chi connectivity index (χ1n) is 3.64. The molecule has 0 saturated heterocycles. The van der Waals surface area contributed by atoms with Crippen molar-refractivity contribution in [3.8, 4) is 0 Å². The number of primary sulfonamides is 1. The molecule has 74 valence electrons. The van der Waals surface area contributed by atoms with Gasteiger partial charge in [0.2, 0.25) is 10.0 Å². The summed E-state index contributed by atoms with van der Waals surface area (Å²) >= 11 is 0. The molecule has 0 radical (unpaired) electrons. The maximum absolute atomic E-state index is 9.41. The highest BCUT2D eigenvalue weighted by Gasteiger charge is 1.79. The SMILES string of the molecule is CNc1ccccc1.CS(N)(=O)=O. The lowest BCUT2D eigenvalue weighted by molar-refractivity contribution is 0.603. The van der Waals surface area contributed by atoms with Crippen LogP contribution in [0.25, 0.3) is 0 Å². The average molecular weight is 202 g/mol. The van der Waals surface area contributed by atoms with Gasteiger partial charge in [-0.2, -0.15) is 0 Å². The van der Waals surface area contributed by atoms with E-state index in [1.165, 1.54) is 0 Å². The molecule has 0 bridgehead atoms. The normalized spacial score (nSPS) is 9.77. The van der Waals surface area contributed by atoms with Crippen LogP contribution < -0.4 is 10.5 Å². The number of nitrogens with one attached hydrogen (secondary N) is 1. The van der Waals surface area contributed by atoms with Crippen molar-refractivity contribution in [1.82, 2.24) is 0 Å². The highest BCUT2D eigenvalue weighted by molar-refractivity contribution is 7.88. The van der Waals surface area contributed by atoms with Crippen molar-refractivity contribution >= 4 is 15.7 Å². The maximum atomic E-state index is 9.41. The van der Waals surface area contributed by atoms with Crippen LogP contribution in [0.4, 0.5) is 5.69 Å². The minimum absolute atomic E-state index is 0.938. The second-order valence-corrected chi connectivity index (χ2v) is 4.10. The molecule has 1 aromatic rings. The Balaban J connectivity index is 0.000000252. The molecule has 0 spiro atoms. The summed E-state index contributed by atoms with van der Waals surface area (Å²) in [7, 11) is -1.25. The molecule has 3 N–H and O–H groups in total. The van der Waals surface area contributed by atoms with Gasteiger partial charge in [0, 0.05) is 12.7 Å². The van der Waals surface area contributed by atoms with Crippen LogP contribution in [0, 0.1) is 0 Å². The van der Waals surface area contributed by atoms with Crippen LogP contribution in [0.3, 0.4) is 0 Å². The van der Waals surface area contributed by atoms with Crippen LogP contribution in [-0.2, 0) is 10.0 Å². The Kier molecular flexibility index (Phi) is 5.10. The van der Waals surface area contributed by atoms with E-state index in [4.69, 9.17) is 0 Å². The van der Waals surface area contributed by atoms with Crippen molar-refractivity contribution in [2.75, 3.05) is 18.6 Å². The molecule has 0 heterocycles. The molecule has 0 aliphatic heterocycles. The molecule has 13 heavy (non-hydrogen) atoms. The number of para-hydroxylation sites is 1. The maximum Gasteiger partial charge on any atom is 0.206 e. The molecule has 0 atom stereocenters. The van der Waals surface area contributed by atoms with Gasteiger partial charge in [-0.15, -0.1) is 0 Å². The lowest BCUT2D eigenvalue weighted by Gasteiger charge is -1.94. The fourth-order valence-corrected chi connectivity index (χ4v) is 0.605. The van der Waals surface area contributed by atoms with E-state index in [0.29, 0.717) is 0 Å². The molecule has 0 aromatic heterocycles. The largest absolute Gasteiger partial charge is 0.388 e.